The molecule has 0 saturated carbocycles. The van der Waals surface area contributed by atoms with E-state index in [2.05, 4.69) is 5.32 Å². The fraction of sp³-hybridized carbons (Fsp3) is 0.579. The van der Waals surface area contributed by atoms with E-state index in [9.17, 15) is 9.59 Å². The third-order valence-electron chi connectivity index (χ3n) is 4.79. The highest BCUT2D eigenvalue weighted by Gasteiger charge is 2.26. The predicted octanol–water partition coefficient (Wildman–Crippen LogP) is 0.423. The Morgan fingerprint density at radius 2 is 1.77 bits per heavy atom. The van der Waals surface area contributed by atoms with Crippen LogP contribution in [-0.2, 0) is 14.3 Å². The van der Waals surface area contributed by atoms with Crippen LogP contribution in [0.4, 0.5) is 0 Å². The Morgan fingerprint density at radius 3 is 2.38 bits per heavy atom. The Balaban J connectivity index is 1.39. The molecule has 2 fully saturated rings. The lowest BCUT2D eigenvalue weighted by atomic mass is 10.1. The summed E-state index contributed by atoms with van der Waals surface area (Å²) in [6.07, 6.45) is 0.449. The van der Waals surface area contributed by atoms with Gasteiger partial charge in [0.25, 0.3) is 5.91 Å². The van der Waals surface area contributed by atoms with Crippen LogP contribution in [0, 0.1) is 6.92 Å². The van der Waals surface area contributed by atoms with Gasteiger partial charge in [0.2, 0.25) is 5.91 Å². The number of hydrogen-bond donors (Lipinski definition) is 1. The number of nitrogens with one attached hydrogen (secondary N) is 1. The standard InChI is InChI=1S/C19H27N3O4/c1-15-2-4-17(5-3-15)26-14-19(24)22-9-7-21(8-10-22)18(23)12-16-13-25-11-6-20-16/h2-5,16,20H,6-14H2,1H3. The number of morpholine rings is 1. The molecule has 2 aliphatic heterocycles. The molecule has 3 rings (SSSR count). The van der Waals surface area contributed by atoms with Crippen molar-refractivity contribution < 1.29 is 19.1 Å². The molecule has 1 atom stereocenters. The number of hydrogen-bond acceptors (Lipinski definition) is 5. The van der Waals surface area contributed by atoms with E-state index in [1.165, 1.54) is 0 Å². The van der Waals surface area contributed by atoms with Crippen LogP contribution in [0.1, 0.15) is 12.0 Å². The van der Waals surface area contributed by atoms with Crippen LogP contribution in [0.25, 0.3) is 0 Å². The van der Waals surface area contributed by atoms with Crippen molar-refractivity contribution in [3.8, 4) is 5.75 Å². The SMILES string of the molecule is Cc1ccc(OCC(=O)N2CCN(C(=O)CC3COCCN3)CC2)cc1. The van der Waals surface area contributed by atoms with Crippen molar-refractivity contribution in [2.24, 2.45) is 0 Å². The summed E-state index contributed by atoms with van der Waals surface area (Å²) in [7, 11) is 0. The molecule has 1 N–H and O–H groups in total. The molecule has 1 aromatic rings. The molecule has 2 saturated heterocycles. The highest BCUT2D eigenvalue weighted by atomic mass is 16.5. The van der Waals surface area contributed by atoms with Gasteiger partial charge in [0.1, 0.15) is 5.75 Å². The summed E-state index contributed by atoms with van der Waals surface area (Å²) in [6.45, 7) is 6.36. The Labute approximate surface area is 154 Å². The lowest BCUT2D eigenvalue weighted by Crippen LogP contribution is -2.53. The number of amides is 2. The van der Waals surface area contributed by atoms with E-state index in [1.807, 2.05) is 36.1 Å². The molecule has 0 aliphatic carbocycles. The zero-order valence-electron chi connectivity index (χ0n) is 15.3. The van der Waals surface area contributed by atoms with Crippen LogP contribution in [0.15, 0.2) is 24.3 Å². The molecule has 0 spiro atoms. The quantitative estimate of drug-likeness (QED) is 0.823. The third kappa shape index (κ3) is 5.19. The van der Waals surface area contributed by atoms with Gasteiger partial charge in [-0.25, -0.2) is 0 Å². The summed E-state index contributed by atoms with van der Waals surface area (Å²) < 4.78 is 10.9. The van der Waals surface area contributed by atoms with Crippen molar-refractivity contribution in [1.29, 1.82) is 0 Å². The van der Waals surface area contributed by atoms with Crippen molar-refractivity contribution in [2.75, 3.05) is 52.5 Å². The van der Waals surface area contributed by atoms with Gasteiger partial charge in [-0.3, -0.25) is 9.59 Å². The van der Waals surface area contributed by atoms with Crippen LogP contribution < -0.4 is 10.1 Å². The first-order valence-corrected chi connectivity index (χ1v) is 9.18. The molecule has 7 heteroatoms. The molecule has 2 heterocycles. The highest BCUT2D eigenvalue weighted by Crippen LogP contribution is 2.12. The second-order valence-corrected chi connectivity index (χ2v) is 6.79. The Morgan fingerprint density at radius 1 is 1.12 bits per heavy atom. The van der Waals surface area contributed by atoms with Gasteiger partial charge in [0.15, 0.2) is 6.61 Å². The van der Waals surface area contributed by atoms with Crippen LogP contribution in [0.3, 0.4) is 0 Å². The van der Waals surface area contributed by atoms with E-state index >= 15 is 0 Å². The van der Waals surface area contributed by atoms with Gasteiger partial charge in [-0.2, -0.15) is 0 Å². The molecule has 1 unspecified atom stereocenters. The number of benzene rings is 1. The molecular weight excluding hydrogens is 334 g/mol. The maximum Gasteiger partial charge on any atom is 0.260 e. The molecule has 26 heavy (non-hydrogen) atoms. The van der Waals surface area contributed by atoms with E-state index in [0.29, 0.717) is 51.6 Å². The monoisotopic (exact) mass is 361 g/mol. The van der Waals surface area contributed by atoms with Gasteiger partial charge in [-0.05, 0) is 19.1 Å². The van der Waals surface area contributed by atoms with Crippen molar-refractivity contribution in [3.63, 3.8) is 0 Å². The molecule has 0 bridgehead atoms. The van der Waals surface area contributed by atoms with E-state index in [0.717, 1.165) is 12.1 Å². The van der Waals surface area contributed by atoms with Gasteiger partial charge < -0.3 is 24.6 Å². The van der Waals surface area contributed by atoms with E-state index in [4.69, 9.17) is 9.47 Å². The second-order valence-electron chi connectivity index (χ2n) is 6.79. The average Bonchev–Trinajstić information content (AvgIpc) is 2.68. The van der Waals surface area contributed by atoms with Gasteiger partial charge in [-0.15, -0.1) is 0 Å². The fourth-order valence-corrected chi connectivity index (χ4v) is 3.17. The Kier molecular flexibility index (Phi) is 6.46. The zero-order chi connectivity index (χ0) is 18.4. The topological polar surface area (TPSA) is 71.1 Å². The Hall–Kier alpha value is -2.12. The summed E-state index contributed by atoms with van der Waals surface area (Å²) in [5, 5.41) is 3.30. The normalized spacial score (nSPS) is 20.7. The summed E-state index contributed by atoms with van der Waals surface area (Å²) in [5.74, 6) is 0.774. The van der Waals surface area contributed by atoms with Gasteiger partial charge >= 0.3 is 0 Å². The average molecular weight is 361 g/mol. The first-order chi connectivity index (χ1) is 12.6. The van der Waals surface area contributed by atoms with Gasteiger partial charge in [0.05, 0.1) is 13.2 Å². The maximum absolute atomic E-state index is 12.4. The summed E-state index contributed by atoms with van der Waals surface area (Å²) in [5.41, 5.74) is 1.15. The van der Waals surface area contributed by atoms with Crippen molar-refractivity contribution in [2.45, 2.75) is 19.4 Å². The van der Waals surface area contributed by atoms with Gasteiger partial charge in [0, 0.05) is 45.2 Å². The fourth-order valence-electron chi connectivity index (χ4n) is 3.17. The number of carbonyl (C=O) groups excluding carboxylic acids is 2. The predicted molar refractivity (Wildman–Crippen MR) is 97.1 cm³/mol. The largest absolute Gasteiger partial charge is 0.484 e. The molecule has 0 radical (unpaired) electrons. The minimum Gasteiger partial charge on any atom is -0.484 e. The number of rotatable bonds is 5. The number of aryl methyl sites for hydroxylation is 1. The lowest BCUT2D eigenvalue weighted by Gasteiger charge is -2.35. The van der Waals surface area contributed by atoms with Crippen molar-refractivity contribution >= 4 is 11.8 Å². The molecule has 0 aromatic heterocycles. The lowest BCUT2D eigenvalue weighted by molar-refractivity contribution is -0.141. The Bertz CT molecular complexity index is 606. The number of carbonyl (C=O) groups is 2. The number of nitrogens with zero attached hydrogens (tertiary/aromatic N) is 2. The highest BCUT2D eigenvalue weighted by molar-refractivity contribution is 5.79. The summed E-state index contributed by atoms with van der Waals surface area (Å²) in [6, 6.07) is 7.73. The van der Waals surface area contributed by atoms with Crippen LogP contribution in [-0.4, -0.2) is 80.2 Å². The van der Waals surface area contributed by atoms with Crippen LogP contribution in [0.2, 0.25) is 0 Å². The molecule has 2 aliphatic rings. The molecule has 7 nitrogen and oxygen atoms in total. The van der Waals surface area contributed by atoms with Crippen molar-refractivity contribution in [1.82, 2.24) is 15.1 Å². The number of ether oxygens (including phenoxy) is 2. The van der Waals surface area contributed by atoms with Crippen molar-refractivity contribution in [3.05, 3.63) is 29.8 Å². The summed E-state index contributed by atoms with van der Waals surface area (Å²) in [4.78, 5) is 28.3. The molecular formula is C19H27N3O4. The zero-order valence-corrected chi connectivity index (χ0v) is 15.3. The third-order valence-corrected chi connectivity index (χ3v) is 4.79. The van der Waals surface area contributed by atoms with Gasteiger partial charge in [-0.1, -0.05) is 17.7 Å². The van der Waals surface area contributed by atoms with E-state index in [-0.39, 0.29) is 24.5 Å². The maximum atomic E-state index is 12.4. The smallest absolute Gasteiger partial charge is 0.260 e. The minimum atomic E-state index is -0.0416. The first-order valence-electron chi connectivity index (χ1n) is 9.18. The van der Waals surface area contributed by atoms with E-state index in [1.54, 1.807) is 4.90 Å². The van der Waals surface area contributed by atoms with Crippen LogP contribution >= 0.6 is 0 Å². The molecule has 142 valence electrons. The summed E-state index contributed by atoms with van der Waals surface area (Å²) >= 11 is 0. The first kappa shape index (κ1) is 18.7. The molecule has 1 aromatic carbocycles. The second kappa shape index (κ2) is 9.00. The molecule has 2 amide bonds. The number of piperazine rings is 1. The van der Waals surface area contributed by atoms with E-state index < -0.39 is 0 Å². The minimum absolute atomic E-state index is 0.0281. The van der Waals surface area contributed by atoms with Crippen LogP contribution in [0.5, 0.6) is 5.75 Å².